The van der Waals surface area contributed by atoms with Crippen LogP contribution < -0.4 is 0 Å². The second-order valence-electron chi connectivity index (χ2n) is 3.05. The molecule has 0 fully saturated rings. The Bertz CT molecular complexity index is 336. The number of carboxylic acid groups (broad SMARTS) is 1. The average Bonchev–Trinajstić information content (AvgIpc) is 2.03. The van der Waals surface area contributed by atoms with Gasteiger partial charge in [0.2, 0.25) is 0 Å². The topological polar surface area (TPSA) is 50.2 Å². The van der Waals surface area contributed by atoms with Gasteiger partial charge in [0.15, 0.2) is 0 Å². The van der Waals surface area contributed by atoms with E-state index in [1.807, 2.05) is 13.8 Å². The summed E-state index contributed by atoms with van der Waals surface area (Å²) in [6.07, 6.45) is 1.68. The molecule has 3 nitrogen and oxygen atoms in total. The standard InChI is InChI=1S/C9H10INO2/c1-5(2)8-7(9(12)13)3-6(10)4-11-8/h3-5H,1-2H3,(H,12,13). The number of pyridine rings is 1. The van der Waals surface area contributed by atoms with Gasteiger partial charge in [0.25, 0.3) is 0 Å². The van der Waals surface area contributed by atoms with Crippen molar-refractivity contribution in [1.82, 2.24) is 4.98 Å². The number of carbonyl (C=O) groups is 1. The number of nitrogens with zero attached hydrogens (tertiary/aromatic N) is 1. The Balaban J connectivity index is 3.27. The molecule has 0 aliphatic carbocycles. The number of carboxylic acids is 1. The quantitative estimate of drug-likeness (QED) is 0.852. The Labute approximate surface area is 90.3 Å². The van der Waals surface area contributed by atoms with E-state index in [0.717, 1.165) is 3.57 Å². The fourth-order valence-electron chi connectivity index (χ4n) is 1.08. The van der Waals surface area contributed by atoms with E-state index in [1.54, 1.807) is 12.3 Å². The lowest BCUT2D eigenvalue weighted by Gasteiger charge is -2.07. The lowest BCUT2D eigenvalue weighted by Crippen LogP contribution is -2.06. The SMILES string of the molecule is CC(C)c1ncc(I)cc1C(=O)O. The summed E-state index contributed by atoms with van der Waals surface area (Å²) < 4.78 is 0.847. The van der Waals surface area contributed by atoms with Gasteiger partial charge < -0.3 is 5.11 Å². The summed E-state index contributed by atoms with van der Waals surface area (Å²) in [5.74, 6) is -0.766. The van der Waals surface area contributed by atoms with E-state index in [2.05, 4.69) is 27.6 Å². The first kappa shape index (κ1) is 10.4. The second-order valence-corrected chi connectivity index (χ2v) is 4.29. The van der Waals surface area contributed by atoms with E-state index in [-0.39, 0.29) is 5.92 Å². The van der Waals surface area contributed by atoms with Gasteiger partial charge in [-0.1, -0.05) is 13.8 Å². The van der Waals surface area contributed by atoms with E-state index in [9.17, 15) is 4.79 Å². The number of halogens is 1. The third kappa shape index (κ3) is 2.40. The number of hydrogen-bond acceptors (Lipinski definition) is 2. The average molecular weight is 291 g/mol. The van der Waals surface area contributed by atoms with Crippen LogP contribution in [-0.4, -0.2) is 16.1 Å². The van der Waals surface area contributed by atoms with Gasteiger partial charge in [0.1, 0.15) is 0 Å². The van der Waals surface area contributed by atoms with Crippen LogP contribution in [0.2, 0.25) is 0 Å². The molecule has 1 heterocycles. The van der Waals surface area contributed by atoms with Gasteiger partial charge in [-0.3, -0.25) is 4.98 Å². The molecule has 4 heteroatoms. The first-order chi connectivity index (χ1) is 6.02. The molecule has 0 aliphatic heterocycles. The van der Waals surface area contributed by atoms with E-state index < -0.39 is 5.97 Å². The maximum atomic E-state index is 10.8. The Morgan fingerprint density at radius 2 is 2.23 bits per heavy atom. The highest BCUT2D eigenvalue weighted by molar-refractivity contribution is 14.1. The molecule has 1 aromatic rings. The minimum Gasteiger partial charge on any atom is -0.478 e. The number of rotatable bonds is 2. The molecule has 70 valence electrons. The van der Waals surface area contributed by atoms with Crippen LogP contribution in [0.3, 0.4) is 0 Å². The van der Waals surface area contributed by atoms with E-state index in [1.165, 1.54) is 0 Å². The van der Waals surface area contributed by atoms with Gasteiger partial charge in [0, 0.05) is 9.77 Å². The Morgan fingerprint density at radius 1 is 1.62 bits per heavy atom. The van der Waals surface area contributed by atoms with Gasteiger partial charge >= 0.3 is 5.97 Å². The normalized spacial score (nSPS) is 10.5. The summed E-state index contributed by atoms with van der Waals surface area (Å²) in [6, 6.07) is 1.64. The van der Waals surface area contributed by atoms with Gasteiger partial charge in [0.05, 0.1) is 11.3 Å². The molecular formula is C9H10INO2. The third-order valence-electron chi connectivity index (χ3n) is 1.66. The van der Waals surface area contributed by atoms with E-state index >= 15 is 0 Å². The summed E-state index contributed by atoms with van der Waals surface area (Å²) in [7, 11) is 0. The fraction of sp³-hybridized carbons (Fsp3) is 0.333. The summed E-state index contributed by atoms with van der Waals surface area (Å²) in [4.78, 5) is 14.9. The highest BCUT2D eigenvalue weighted by atomic mass is 127. The van der Waals surface area contributed by atoms with Crippen molar-refractivity contribution in [3.63, 3.8) is 0 Å². The molecule has 0 bridgehead atoms. The van der Waals surface area contributed by atoms with Gasteiger partial charge in [-0.05, 0) is 34.6 Å². The molecule has 0 saturated carbocycles. The molecular weight excluding hydrogens is 281 g/mol. The Morgan fingerprint density at radius 3 is 2.69 bits per heavy atom. The number of aromatic nitrogens is 1. The van der Waals surface area contributed by atoms with Crippen LogP contribution in [-0.2, 0) is 0 Å². The molecule has 0 unspecified atom stereocenters. The molecule has 0 aromatic carbocycles. The van der Waals surface area contributed by atoms with Crippen molar-refractivity contribution in [3.8, 4) is 0 Å². The van der Waals surface area contributed by atoms with Gasteiger partial charge in [-0.2, -0.15) is 0 Å². The summed E-state index contributed by atoms with van der Waals surface area (Å²) >= 11 is 2.05. The molecule has 0 amide bonds. The monoisotopic (exact) mass is 291 g/mol. The second kappa shape index (κ2) is 4.04. The highest BCUT2D eigenvalue weighted by Crippen LogP contribution is 2.18. The zero-order valence-corrected chi connectivity index (χ0v) is 9.57. The molecule has 0 saturated heterocycles. The molecule has 0 aliphatic rings. The van der Waals surface area contributed by atoms with Crippen LogP contribution in [0.25, 0.3) is 0 Å². The maximum absolute atomic E-state index is 10.8. The predicted octanol–water partition coefficient (Wildman–Crippen LogP) is 2.51. The third-order valence-corrected chi connectivity index (χ3v) is 2.25. The van der Waals surface area contributed by atoms with Crippen LogP contribution in [0.4, 0.5) is 0 Å². The first-order valence-corrected chi connectivity index (χ1v) is 4.99. The molecule has 0 radical (unpaired) electrons. The zero-order chi connectivity index (χ0) is 10.0. The van der Waals surface area contributed by atoms with E-state index in [4.69, 9.17) is 5.11 Å². The van der Waals surface area contributed by atoms with Crippen molar-refractivity contribution in [3.05, 3.63) is 27.1 Å². The molecule has 13 heavy (non-hydrogen) atoms. The van der Waals surface area contributed by atoms with Crippen molar-refractivity contribution in [2.45, 2.75) is 19.8 Å². The summed E-state index contributed by atoms with van der Waals surface area (Å²) in [5.41, 5.74) is 0.954. The minimum atomic E-state index is -0.908. The smallest absolute Gasteiger partial charge is 0.337 e. The van der Waals surface area contributed by atoms with Crippen LogP contribution in [0.1, 0.15) is 35.8 Å². The zero-order valence-electron chi connectivity index (χ0n) is 7.41. The first-order valence-electron chi connectivity index (χ1n) is 3.91. The maximum Gasteiger partial charge on any atom is 0.337 e. The molecule has 1 N–H and O–H groups in total. The number of hydrogen-bond donors (Lipinski definition) is 1. The fourth-order valence-corrected chi connectivity index (χ4v) is 1.53. The summed E-state index contributed by atoms with van der Waals surface area (Å²) in [5, 5.41) is 8.90. The highest BCUT2D eigenvalue weighted by Gasteiger charge is 2.14. The molecule has 0 atom stereocenters. The van der Waals surface area contributed by atoms with Crippen molar-refractivity contribution in [2.24, 2.45) is 0 Å². The largest absolute Gasteiger partial charge is 0.478 e. The van der Waals surface area contributed by atoms with E-state index in [0.29, 0.717) is 11.3 Å². The molecule has 1 aromatic heterocycles. The van der Waals surface area contributed by atoms with Crippen LogP contribution in [0.5, 0.6) is 0 Å². The summed E-state index contributed by atoms with van der Waals surface area (Å²) in [6.45, 7) is 3.86. The molecule has 0 spiro atoms. The van der Waals surface area contributed by atoms with Crippen molar-refractivity contribution < 1.29 is 9.90 Å². The van der Waals surface area contributed by atoms with Crippen LogP contribution in [0.15, 0.2) is 12.3 Å². The van der Waals surface area contributed by atoms with Crippen LogP contribution >= 0.6 is 22.6 Å². The van der Waals surface area contributed by atoms with Crippen molar-refractivity contribution in [2.75, 3.05) is 0 Å². The van der Waals surface area contributed by atoms with Crippen molar-refractivity contribution in [1.29, 1.82) is 0 Å². The van der Waals surface area contributed by atoms with Gasteiger partial charge in [-0.15, -0.1) is 0 Å². The lowest BCUT2D eigenvalue weighted by atomic mass is 10.0. The number of aromatic carboxylic acids is 1. The Kier molecular flexibility index (Phi) is 3.24. The minimum absolute atomic E-state index is 0.142. The molecule has 1 rings (SSSR count). The van der Waals surface area contributed by atoms with Crippen LogP contribution in [0, 0.1) is 3.57 Å². The lowest BCUT2D eigenvalue weighted by molar-refractivity contribution is 0.0694. The predicted molar refractivity (Wildman–Crippen MR) is 58.0 cm³/mol. The Hall–Kier alpha value is -0.650. The van der Waals surface area contributed by atoms with Crippen molar-refractivity contribution >= 4 is 28.6 Å². The van der Waals surface area contributed by atoms with Gasteiger partial charge in [-0.25, -0.2) is 4.79 Å².